The number of aryl methyl sites for hydroxylation is 1. The lowest BCUT2D eigenvalue weighted by atomic mass is 10.1. The molecule has 0 aliphatic carbocycles. The summed E-state index contributed by atoms with van der Waals surface area (Å²) in [4.78, 5) is 24.2. The van der Waals surface area contributed by atoms with Crippen molar-refractivity contribution < 1.29 is 4.79 Å². The molecule has 10 nitrogen and oxygen atoms in total. The van der Waals surface area contributed by atoms with Crippen molar-refractivity contribution in [2.45, 2.75) is 33.2 Å². The molecule has 41 heavy (non-hydrogen) atoms. The molecule has 2 aromatic heterocycles. The summed E-state index contributed by atoms with van der Waals surface area (Å²) in [6, 6.07) is 16.3. The van der Waals surface area contributed by atoms with Gasteiger partial charge in [-0.1, -0.05) is 30.4 Å². The number of carbonyl (C=O) groups excluding carboxylic acids is 1. The second-order valence-electron chi connectivity index (χ2n) is 10.6. The minimum Gasteiger partial charge on any atom is -0.329 e. The molecule has 4 aromatic rings. The minimum atomic E-state index is -0.411. The van der Waals surface area contributed by atoms with Crippen LogP contribution in [0.4, 0.5) is 33.6 Å². The Kier molecular flexibility index (Phi) is 7.52. The van der Waals surface area contributed by atoms with Crippen LogP contribution >= 0.6 is 0 Å². The van der Waals surface area contributed by atoms with E-state index in [4.69, 9.17) is 10.4 Å². The van der Waals surface area contributed by atoms with Crippen LogP contribution in [0.25, 0.3) is 11.3 Å². The van der Waals surface area contributed by atoms with Gasteiger partial charge in [-0.2, -0.15) is 15.3 Å². The molecule has 3 heterocycles. The van der Waals surface area contributed by atoms with Crippen molar-refractivity contribution in [2.24, 2.45) is 0 Å². The van der Waals surface area contributed by atoms with Crippen LogP contribution in [0.1, 0.15) is 31.9 Å². The first kappa shape index (κ1) is 27.1. The molecule has 10 heteroatoms. The van der Waals surface area contributed by atoms with E-state index in [1.807, 2.05) is 98.2 Å². The topological polar surface area (TPSA) is 124 Å². The molecule has 1 aliphatic heterocycles. The molecule has 206 valence electrons. The van der Waals surface area contributed by atoms with Crippen LogP contribution in [0.3, 0.4) is 0 Å². The number of benzene rings is 2. The quantitative estimate of drug-likeness (QED) is 0.251. The molecule has 1 aliphatic rings. The molecule has 0 fully saturated rings. The van der Waals surface area contributed by atoms with Gasteiger partial charge in [-0.05, 0) is 69.7 Å². The van der Waals surface area contributed by atoms with E-state index in [0.29, 0.717) is 28.6 Å². The van der Waals surface area contributed by atoms with Gasteiger partial charge >= 0.3 is 6.03 Å². The van der Waals surface area contributed by atoms with Gasteiger partial charge in [0.2, 0.25) is 5.95 Å². The zero-order chi connectivity index (χ0) is 29.0. The lowest BCUT2D eigenvalue weighted by Gasteiger charge is -2.20. The summed E-state index contributed by atoms with van der Waals surface area (Å²) < 4.78 is 1.81. The fourth-order valence-electron chi connectivity index (χ4n) is 4.17. The van der Waals surface area contributed by atoms with Gasteiger partial charge in [0.1, 0.15) is 11.5 Å². The molecule has 0 radical (unpaired) electrons. The zero-order valence-corrected chi connectivity index (χ0v) is 23.4. The second-order valence-corrected chi connectivity index (χ2v) is 10.6. The molecule has 0 saturated heterocycles. The van der Waals surface area contributed by atoms with Gasteiger partial charge in [-0.25, -0.2) is 9.78 Å². The maximum atomic E-state index is 13.1. The fourth-order valence-corrected chi connectivity index (χ4v) is 4.17. The Morgan fingerprint density at radius 3 is 2.54 bits per heavy atom. The lowest BCUT2D eigenvalue weighted by molar-refractivity contribution is 0.262. The van der Waals surface area contributed by atoms with E-state index < -0.39 is 6.03 Å². The van der Waals surface area contributed by atoms with Crippen LogP contribution in [0, 0.1) is 18.3 Å². The first-order valence-corrected chi connectivity index (χ1v) is 13.2. The van der Waals surface area contributed by atoms with E-state index >= 15 is 0 Å². The largest absolute Gasteiger partial charge is 0.329 e. The molecule has 0 spiro atoms. The van der Waals surface area contributed by atoms with Crippen molar-refractivity contribution in [3.8, 4) is 17.3 Å². The number of aromatic nitrogens is 4. The van der Waals surface area contributed by atoms with Gasteiger partial charge in [-0.3, -0.25) is 4.68 Å². The number of hydrogen-bond acceptors (Lipinski definition) is 7. The Morgan fingerprint density at radius 2 is 1.83 bits per heavy atom. The number of nitrogens with one attached hydrogen (secondary N) is 3. The Bertz CT molecular complexity index is 1670. The molecular formula is C31H31N9O. The number of allylic oxidation sites excluding steroid dienone is 2. The van der Waals surface area contributed by atoms with E-state index in [1.54, 1.807) is 18.3 Å². The van der Waals surface area contributed by atoms with Crippen molar-refractivity contribution >= 4 is 34.9 Å². The van der Waals surface area contributed by atoms with Gasteiger partial charge < -0.3 is 20.9 Å². The average molecular weight is 546 g/mol. The SMILES string of the molecule is Cc1ccc(NC(=O)Nc2cn(C(C)(C)C)nc2-c2ccc(C#N)cc2)cc1Nc1nccc(N2C=CC=CC2)n1. The van der Waals surface area contributed by atoms with Crippen LogP contribution in [0.2, 0.25) is 0 Å². The molecule has 3 N–H and O–H groups in total. The van der Waals surface area contributed by atoms with Crippen LogP contribution < -0.4 is 20.9 Å². The number of rotatable bonds is 6. The molecule has 0 saturated carbocycles. The number of carbonyl (C=O) groups is 1. The Balaban J connectivity index is 1.33. The summed E-state index contributed by atoms with van der Waals surface area (Å²) in [6.07, 6.45) is 11.5. The number of urea groups is 1. The highest BCUT2D eigenvalue weighted by Crippen LogP contribution is 2.30. The summed E-state index contributed by atoms with van der Waals surface area (Å²) in [5, 5.41) is 23.0. The summed E-state index contributed by atoms with van der Waals surface area (Å²) in [5.41, 5.74) is 4.56. The summed E-state index contributed by atoms with van der Waals surface area (Å²) in [6.45, 7) is 8.81. The van der Waals surface area contributed by atoms with Crippen molar-refractivity contribution in [1.82, 2.24) is 19.7 Å². The van der Waals surface area contributed by atoms with Crippen LogP contribution in [-0.2, 0) is 5.54 Å². The number of hydrogen-bond donors (Lipinski definition) is 3. The monoisotopic (exact) mass is 545 g/mol. The number of amides is 2. The van der Waals surface area contributed by atoms with Crippen molar-refractivity contribution in [3.63, 3.8) is 0 Å². The first-order valence-electron chi connectivity index (χ1n) is 13.2. The number of nitrogens with zero attached hydrogens (tertiary/aromatic N) is 6. The average Bonchev–Trinajstić information content (AvgIpc) is 3.40. The summed E-state index contributed by atoms with van der Waals surface area (Å²) >= 11 is 0. The Morgan fingerprint density at radius 1 is 1.02 bits per heavy atom. The van der Waals surface area contributed by atoms with Gasteiger partial charge in [0.25, 0.3) is 0 Å². The van der Waals surface area contributed by atoms with Crippen molar-refractivity contribution in [2.75, 3.05) is 27.4 Å². The predicted octanol–water partition coefficient (Wildman–Crippen LogP) is 6.55. The van der Waals surface area contributed by atoms with Gasteiger partial charge in [-0.15, -0.1) is 0 Å². The highest BCUT2D eigenvalue weighted by molar-refractivity contribution is 6.02. The fraction of sp³-hybridized carbons (Fsp3) is 0.194. The van der Waals surface area contributed by atoms with Crippen molar-refractivity contribution in [3.05, 3.63) is 96.5 Å². The third-order valence-electron chi connectivity index (χ3n) is 6.43. The standard InChI is InChI=1S/C31H31N9O/c1-21-8-13-24(18-25(21)35-29-33-15-14-27(37-29)39-16-6-5-7-17-39)34-30(41)36-26-20-40(31(2,3)4)38-28(26)23-11-9-22(19-32)10-12-23/h5-16,18,20H,17H2,1-4H3,(H,33,35,37)(H2,34,36,41). The summed E-state index contributed by atoms with van der Waals surface area (Å²) in [5.74, 6) is 1.24. The van der Waals surface area contributed by atoms with Gasteiger partial charge in [0.05, 0.1) is 22.9 Å². The molecule has 0 atom stereocenters. The van der Waals surface area contributed by atoms with E-state index in [1.165, 1.54) is 0 Å². The maximum Gasteiger partial charge on any atom is 0.323 e. The Labute approximate surface area is 239 Å². The van der Waals surface area contributed by atoms with E-state index in [-0.39, 0.29) is 5.54 Å². The normalized spacial score (nSPS) is 12.6. The maximum absolute atomic E-state index is 13.1. The lowest BCUT2D eigenvalue weighted by Crippen LogP contribution is -2.22. The van der Waals surface area contributed by atoms with E-state index in [2.05, 4.69) is 38.1 Å². The first-order chi connectivity index (χ1) is 19.7. The summed E-state index contributed by atoms with van der Waals surface area (Å²) in [7, 11) is 0. The molecule has 0 bridgehead atoms. The molecule has 0 unspecified atom stereocenters. The van der Waals surface area contributed by atoms with Crippen LogP contribution in [-0.4, -0.2) is 32.3 Å². The van der Waals surface area contributed by atoms with Crippen LogP contribution in [0.5, 0.6) is 0 Å². The Hall–Kier alpha value is -5.43. The zero-order valence-electron chi connectivity index (χ0n) is 23.4. The van der Waals surface area contributed by atoms with Crippen LogP contribution in [0.15, 0.2) is 85.4 Å². The third kappa shape index (κ3) is 6.42. The molecule has 5 rings (SSSR count). The molecule has 2 aromatic carbocycles. The second kappa shape index (κ2) is 11.4. The van der Waals surface area contributed by atoms with Gasteiger partial charge in [0, 0.05) is 42.1 Å². The molecular weight excluding hydrogens is 514 g/mol. The number of nitriles is 1. The van der Waals surface area contributed by atoms with E-state index in [0.717, 1.165) is 29.2 Å². The minimum absolute atomic E-state index is 0.296. The molecule has 2 amide bonds. The van der Waals surface area contributed by atoms with E-state index in [9.17, 15) is 4.79 Å². The van der Waals surface area contributed by atoms with Gasteiger partial charge in [0.15, 0.2) is 0 Å². The van der Waals surface area contributed by atoms with Crippen molar-refractivity contribution in [1.29, 1.82) is 5.26 Å². The smallest absolute Gasteiger partial charge is 0.323 e. The highest BCUT2D eigenvalue weighted by Gasteiger charge is 2.20. The predicted molar refractivity (Wildman–Crippen MR) is 162 cm³/mol. The third-order valence-corrected chi connectivity index (χ3v) is 6.43. The number of anilines is 5. The highest BCUT2D eigenvalue weighted by atomic mass is 16.2.